The van der Waals surface area contributed by atoms with Gasteiger partial charge < -0.3 is 0 Å². The van der Waals surface area contributed by atoms with Crippen molar-refractivity contribution in [2.45, 2.75) is 70.8 Å². The van der Waals surface area contributed by atoms with Crippen molar-refractivity contribution in [3.63, 3.8) is 0 Å². The Morgan fingerprint density at radius 1 is 1.14 bits per heavy atom. The maximum absolute atomic E-state index is 5.01. The summed E-state index contributed by atoms with van der Waals surface area (Å²) in [6, 6.07) is 0. The van der Waals surface area contributed by atoms with Crippen LogP contribution >= 0.6 is 11.3 Å². The van der Waals surface area contributed by atoms with Gasteiger partial charge in [-0.05, 0) is 39.0 Å². The Kier molecular flexibility index (Phi) is 3.57. The smallest absolute Gasteiger partial charge is 0.127 e. The van der Waals surface area contributed by atoms with Crippen molar-refractivity contribution >= 4 is 11.3 Å². The molecule has 0 spiro atoms. The first-order valence-corrected chi connectivity index (χ1v) is 9.23. The number of nitrogens with zero attached hydrogens (tertiary/aromatic N) is 3. The minimum absolute atomic E-state index is 0.704. The number of thiazole rings is 1. The summed E-state index contributed by atoms with van der Waals surface area (Å²) in [4.78, 5) is 5.01. The zero-order chi connectivity index (χ0) is 14.2. The highest BCUT2D eigenvalue weighted by Gasteiger charge is 2.23. The van der Waals surface area contributed by atoms with Crippen LogP contribution in [0.5, 0.6) is 0 Å². The van der Waals surface area contributed by atoms with Crippen molar-refractivity contribution in [3.8, 4) is 10.6 Å². The first-order valence-electron chi connectivity index (χ1n) is 8.35. The van der Waals surface area contributed by atoms with Gasteiger partial charge in [-0.2, -0.15) is 5.10 Å². The van der Waals surface area contributed by atoms with Crippen molar-refractivity contribution in [2.75, 3.05) is 0 Å². The molecule has 0 N–H and O–H groups in total. The summed E-state index contributed by atoms with van der Waals surface area (Å²) in [6.45, 7) is 3.22. The third-order valence-electron chi connectivity index (χ3n) is 5.03. The zero-order valence-electron chi connectivity index (χ0n) is 12.8. The van der Waals surface area contributed by atoms with Crippen LogP contribution in [0.3, 0.4) is 0 Å². The Balaban J connectivity index is 1.68. The Morgan fingerprint density at radius 2 is 2.00 bits per heavy atom. The number of rotatable bonds is 2. The van der Waals surface area contributed by atoms with Gasteiger partial charge in [-0.15, -0.1) is 11.3 Å². The average Bonchev–Trinajstić information content (AvgIpc) is 3.11. The average molecular weight is 301 g/mol. The number of hydrogen-bond donors (Lipinski definition) is 0. The van der Waals surface area contributed by atoms with Gasteiger partial charge in [0.1, 0.15) is 5.01 Å². The number of aromatic nitrogens is 3. The van der Waals surface area contributed by atoms with E-state index in [1.165, 1.54) is 66.9 Å². The van der Waals surface area contributed by atoms with E-state index in [0.29, 0.717) is 5.92 Å². The molecule has 0 amide bonds. The Hall–Kier alpha value is -1.16. The number of aryl methyl sites for hydroxylation is 2. The van der Waals surface area contributed by atoms with E-state index in [0.717, 1.165) is 18.7 Å². The van der Waals surface area contributed by atoms with E-state index in [2.05, 4.69) is 17.0 Å². The largest absolute Gasteiger partial charge is 0.269 e. The molecule has 1 aliphatic heterocycles. The SMILES string of the molecule is Cc1nn2c(c1-c1nc(C3CCCCC3)cs1)CCCC2. The lowest BCUT2D eigenvalue weighted by Crippen LogP contribution is -2.11. The highest BCUT2D eigenvalue weighted by atomic mass is 32.1. The fraction of sp³-hybridized carbons (Fsp3) is 0.647. The predicted molar refractivity (Wildman–Crippen MR) is 86.8 cm³/mol. The lowest BCUT2D eigenvalue weighted by Gasteiger charge is -2.19. The molecule has 0 unspecified atom stereocenters. The number of hydrogen-bond acceptors (Lipinski definition) is 3. The van der Waals surface area contributed by atoms with Crippen molar-refractivity contribution in [3.05, 3.63) is 22.5 Å². The zero-order valence-corrected chi connectivity index (χ0v) is 13.6. The fourth-order valence-corrected chi connectivity index (χ4v) is 4.91. The molecular formula is C17H23N3S. The van der Waals surface area contributed by atoms with Gasteiger partial charge in [0.15, 0.2) is 0 Å². The third kappa shape index (κ3) is 2.44. The molecule has 2 aromatic rings. The summed E-state index contributed by atoms with van der Waals surface area (Å²) >= 11 is 1.82. The van der Waals surface area contributed by atoms with Crippen molar-refractivity contribution in [2.24, 2.45) is 0 Å². The minimum atomic E-state index is 0.704. The van der Waals surface area contributed by atoms with Crippen LogP contribution in [0.1, 0.15) is 67.9 Å². The first kappa shape index (κ1) is 13.5. The topological polar surface area (TPSA) is 30.7 Å². The molecule has 0 atom stereocenters. The molecule has 0 saturated heterocycles. The van der Waals surface area contributed by atoms with Gasteiger partial charge >= 0.3 is 0 Å². The molecule has 0 aromatic carbocycles. The lowest BCUT2D eigenvalue weighted by atomic mass is 9.87. The molecule has 112 valence electrons. The van der Waals surface area contributed by atoms with Gasteiger partial charge in [-0.25, -0.2) is 4.98 Å². The van der Waals surface area contributed by atoms with E-state index in [1.54, 1.807) is 0 Å². The Bertz CT molecular complexity index is 635. The second-order valence-corrected chi connectivity index (χ2v) is 7.36. The lowest BCUT2D eigenvalue weighted by molar-refractivity contribution is 0.438. The van der Waals surface area contributed by atoms with Crippen LogP contribution in [0.25, 0.3) is 10.6 Å². The molecule has 3 nitrogen and oxygen atoms in total. The van der Waals surface area contributed by atoms with E-state index in [-0.39, 0.29) is 0 Å². The summed E-state index contributed by atoms with van der Waals surface area (Å²) in [5, 5.41) is 8.24. The van der Waals surface area contributed by atoms with Crippen molar-refractivity contribution in [1.29, 1.82) is 0 Å². The minimum Gasteiger partial charge on any atom is -0.269 e. The molecule has 1 aliphatic carbocycles. The first-order chi connectivity index (χ1) is 10.3. The molecule has 2 aliphatic rings. The van der Waals surface area contributed by atoms with Gasteiger partial charge in [-0.1, -0.05) is 19.3 Å². The maximum atomic E-state index is 5.01. The second-order valence-electron chi connectivity index (χ2n) is 6.50. The van der Waals surface area contributed by atoms with E-state index in [1.807, 2.05) is 11.3 Å². The maximum Gasteiger partial charge on any atom is 0.127 e. The van der Waals surface area contributed by atoms with E-state index >= 15 is 0 Å². The molecule has 21 heavy (non-hydrogen) atoms. The quantitative estimate of drug-likeness (QED) is 0.805. The van der Waals surface area contributed by atoms with Crippen LogP contribution < -0.4 is 0 Å². The van der Waals surface area contributed by atoms with Gasteiger partial charge in [0.25, 0.3) is 0 Å². The molecule has 4 heteroatoms. The molecule has 0 radical (unpaired) electrons. The monoisotopic (exact) mass is 301 g/mol. The van der Waals surface area contributed by atoms with Gasteiger partial charge in [-0.3, -0.25) is 4.68 Å². The van der Waals surface area contributed by atoms with E-state index in [4.69, 9.17) is 10.1 Å². The standard InChI is InChI=1S/C17H23N3S/c1-12-16(15-9-5-6-10-20(15)19-12)17-18-14(11-21-17)13-7-3-2-4-8-13/h11,13H,2-10H2,1H3. The summed E-state index contributed by atoms with van der Waals surface area (Å²) < 4.78 is 2.22. The van der Waals surface area contributed by atoms with Gasteiger partial charge in [0, 0.05) is 23.5 Å². The van der Waals surface area contributed by atoms with E-state index < -0.39 is 0 Å². The van der Waals surface area contributed by atoms with Crippen LogP contribution in [-0.4, -0.2) is 14.8 Å². The molecule has 3 heterocycles. The van der Waals surface area contributed by atoms with Gasteiger partial charge in [0.05, 0.1) is 17.0 Å². The molecular weight excluding hydrogens is 278 g/mol. The molecule has 2 aromatic heterocycles. The summed E-state index contributed by atoms with van der Waals surface area (Å²) in [6.07, 6.45) is 10.5. The molecule has 1 saturated carbocycles. The van der Waals surface area contributed by atoms with Crippen LogP contribution in [0.2, 0.25) is 0 Å². The molecule has 4 rings (SSSR count). The third-order valence-corrected chi connectivity index (χ3v) is 5.90. The highest BCUT2D eigenvalue weighted by Crippen LogP contribution is 2.37. The van der Waals surface area contributed by atoms with Crippen LogP contribution in [0.4, 0.5) is 0 Å². The fourth-order valence-electron chi connectivity index (χ4n) is 3.89. The Labute approximate surface area is 130 Å². The summed E-state index contributed by atoms with van der Waals surface area (Å²) in [5.74, 6) is 0.704. The molecule has 1 fully saturated rings. The van der Waals surface area contributed by atoms with Crippen molar-refractivity contribution < 1.29 is 0 Å². The molecule has 0 bridgehead atoms. The van der Waals surface area contributed by atoms with Crippen LogP contribution in [0, 0.1) is 6.92 Å². The van der Waals surface area contributed by atoms with E-state index in [9.17, 15) is 0 Å². The van der Waals surface area contributed by atoms with Crippen LogP contribution in [-0.2, 0) is 13.0 Å². The van der Waals surface area contributed by atoms with Crippen LogP contribution in [0.15, 0.2) is 5.38 Å². The Morgan fingerprint density at radius 3 is 2.86 bits per heavy atom. The predicted octanol–water partition coefficient (Wildman–Crippen LogP) is 4.70. The highest BCUT2D eigenvalue weighted by molar-refractivity contribution is 7.13. The van der Waals surface area contributed by atoms with Crippen molar-refractivity contribution in [1.82, 2.24) is 14.8 Å². The number of fused-ring (bicyclic) bond motifs is 1. The summed E-state index contributed by atoms with van der Waals surface area (Å²) in [5.41, 5.74) is 5.26. The summed E-state index contributed by atoms with van der Waals surface area (Å²) in [7, 11) is 0. The van der Waals surface area contributed by atoms with Gasteiger partial charge in [0.2, 0.25) is 0 Å². The normalized spacial score (nSPS) is 19.7. The second kappa shape index (κ2) is 5.56.